The van der Waals surface area contributed by atoms with Gasteiger partial charge in [0.15, 0.2) is 5.96 Å². The molecular weight excluding hydrogens is 482 g/mol. The number of aromatic amines is 2. The van der Waals surface area contributed by atoms with E-state index in [1.807, 2.05) is 36.5 Å². The predicted molar refractivity (Wildman–Crippen MR) is 127 cm³/mol. The van der Waals surface area contributed by atoms with Crippen LogP contribution in [0.15, 0.2) is 53.7 Å². The molecule has 0 aliphatic heterocycles. The summed E-state index contributed by atoms with van der Waals surface area (Å²) in [6.07, 6.45) is 3.53. The number of halogens is 2. The number of benzene rings is 2. The molecule has 0 spiro atoms. The molecule has 0 unspecified atom stereocenters. The van der Waals surface area contributed by atoms with Crippen molar-refractivity contribution in [3.05, 3.63) is 65.9 Å². The molecule has 0 fully saturated rings. The van der Waals surface area contributed by atoms with Gasteiger partial charge in [-0.3, -0.25) is 4.99 Å². The van der Waals surface area contributed by atoms with Gasteiger partial charge in [-0.25, -0.2) is 9.37 Å². The lowest BCUT2D eigenvalue weighted by Crippen LogP contribution is -2.39. The van der Waals surface area contributed by atoms with Crippen LogP contribution in [-0.4, -0.2) is 41.0 Å². The van der Waals surface area contributed by atoms with Crippen LogP contribution in [0.25, 0.3) is 21.9 Å². The van der Waals surface area contributed by atoms with Crippen molar-refractivity contribution in [1.82, 2.24) is 25.6 Å². The summed E-state index contributed by atoms with van der Waals surface area (Å²) in [5.74, 6) is 1.48. The van der Waals surface area contributed by atoms with Crippen molar-refractivity contribution in [2.24, 2.45) is 4.99 Å². The molecule has 8 heteroatoms. The number of imidazole rings is 1. The van der Waals surface area contributed by atoms with E-state index < -0.39 is 0 Å². The third kappa shape index (κ3) is 5.06. The Labute approximate surface area is 185 Å². The molecule has 0 aliphatic rings. The number of fused-ring (bicyclic) bond motifs is 2. The number of para-hydroxylation sites is 2. The van der Waals surface area contributed by atoms with Crippen molar-refractivity contribution in [3.63, 3.8) is 0 Å². The number of guanidine groups is 1. The maximum atomic E-state index is 13.3. The molecular formula is C21H24FIN6. The topological polar surface area (TPSA) is 80.9 Å². The summed E-state index contributed by atoms with van der Waals surface area (Å²) in [7, 11) is 1.75. The van der Waals surface area contributed by atoms with E-state index in [1.165, 1.54) is 12.1 Å². The van der Waals surface area contributed by atoms with Gasteiger partial charge in [-0.15, -0.1) is 24.0 Å². The third-order valence-corrected chi connectivity index (χ3v) is 4.73. The zero-order valence-electron chi connectivity index (χ0n) is 16.1. The number of rotatable bonds is 6. The molecule has 0 radical (unpaired) electrons. The fourth-order valence-corrected chi connectivity index (χ4v) is 3.32. The first kappa shape index (κ1) is 21.1. The standard InChI is InChI=1S/C21H23FN6.HI/c1-23-21(25-11-9-20-27-17-4-2-3-5-18(17)28-20)24-10-8-14-13-26-19-12-15(22)6-7-16(14)19;/h2-7,12-13,26H,8-11H2,1H3,(H,27,28)(H2,23,24,25);1H. The Bertz CT molecular complexity index is 1080. The number of hydrogen-bond donors (Lipinski definition) is 4. The second-order valence-electron chi connectivity index (χ2n) is 6.63. The highest BCUT2D eigenvalue weighted by Crippen LogP contribution is 2.19. The molecule has 2 aromatic heterocycles. The maximum absolute atomic E-state index is 13.3. The summed E-state index contributed by atoms with van der Waals surface area (Å²) in [6, 6.07) is 12.8. The normalized spacial score (nSPS) is 11.6. The molecule has 0 bridgehead atoms. The molecule has 0 saturated heterocycles. The maximum Gasteiger partial charge on any atom is 0.191 e. The van der Waals surface area contributed by atoms with Crippen LogP contribution in [-0.2, 0) is 12.8 Å². The molecule has 29 heavy (non-hydrogen) atoms. The zero-order valence-corrected chi connectivity index (χ0v) is 18.5. The van der Waals surface area contributed by atoms with Gasteiger partial charge in [-0.05, 0) is 42.3 Å². The Hall–Kier alpha value is -2.62. The van der Waals surface area contributed by atoms with Crippen LogP contribution in [0.4, 0.5) is 4.39 Å². The molecule has 4 rings (SSSR count). The minimum atomic E-state index is -0.229. The van der Waals surface area contributed by atoms with E-state index in [2.05, 4.69) is 30.6 Å². The zero-order chi connectivity index (χ0) is 19.3. The molecule has 2 aromatic carbocycles. The highest BCUT2D eigenvalue weighted by molar-refractivity contribution is 14.0. The van der Waals surface area contributed by atoms with Crippen LogP contribution < -0.4 is 10.6 Å². The van der Waals surface area contributed by atoms with E-state index in [1.54, 1.807) is 7.05 Å². The molecule has 0 amide bonds. The van der Waals surface area contributed by atoms with Gasteiger partial charge in [0.25, 0.3) is 0 Å². The van der Waals surface area contributed by atoms with Crippen molar-refractivity contribution in [2.75, 3.05) is 20.1 Å². The predicted octanol–water partition coefficient (Wildman–Crippen LogP) is 3.75. The molecule has 4 N–H and O–H groups in total. The minimum absolute atomic E-state index is 0. The number of aliphatic imine (C=N–C) groups is 1. The largest absolute Gasteiger partial charge is 0.361 e. The summed E-state index contributed by atoms with van der Waals surface area (Å²) in [4.78, 5) is 15.3. The average molecular weight is 506 g/mol. The van der Waals surface area contributed by atoms with Crippen molar-refractivity contribution in [2.45, 2.75) is 12.8 Å². The number of H-pyrrole nitrogens is 2. The minimum Gasteiger partial charge on any atom is -0.361 e. The van der Waals surface area contributed by atoms with Crippen LogP contribution in [0.1, 0.15) is 11.4 Å². The van der Waals surface area contributed by atoms with Crippen LogP contribution in [0.5, 0.6) is 0 Å². The van der Waals surface area contributed by atoms with Gasteiger partial charge >= 0.3 is 0 Å². The molecule has 4 aromatic rings. The van der Waals surface area contributed by atoms with Gasteiger partial charge in [-0.2, -0.15) is 0 Å². The molecule has 2 heterocycles. The lowest BCUT2D eigenvalue weighted by Gasteiger charge is -2.11. The van der Waals surface area contributed by atoms with Crippen molar-refractivity contribution < 1.29 is 4.39 Å². The van der Waals surface area contributed by atoms with E-state index >= 15 is 0 Å². The summed E-state index contributed by atoms with van der Waals surface area (Å²) >= 11 is 0. The first-order valence-electron chi connectivity index (χ1n) is 9.36. The van der Waals surface area contributed by atoms with Gasteiger partial charge in [0.05, 0.1) is 11.0 Å². The van der Waals surface area contributed by atoms with Crippen LogP contribution in [0.2, 0.25) is 0 Å². The summed E-state index contributed by atoms with van der Waals surface area (Å²) in [5, 5.41) is 7.68. The van der Waals surface area contributed by atoms with Crippen molar-refractivity contribution >= 4 is 51.9 Å². The smallest absolute Gasteiger partial charge is 0.191 e. The van der Waals surface area contributed by atoms with Crippen LogP contribution in [0.3, 0.4) is 0 Å². The first-order chi connectivity index (χ1) is 13.7. The Morgan fingerprint density at radius 1 is 1.07 bits per heavy atom. The van der Waals surface area contributed by atoms with E-state index in [-0.39, 0.29) is 29.8 Å². The van der Waals surface area contributed by atoms with E-state index in [9.17, 15) is 4.39 Å². The van der Waals surface area contributed by atoms with E-state index in [4.69, 9.17) is 0 Å². The Balaban J connectivity index is 0.00000240. The monoisotopic (exact) mass is 506 g/mol. The molecule has 0 atom stereocenters. The highest BCUT2D eigenvalue weighted by atomic mass is 127. The SMILES string of the molecule is CN=C(NCCc1nc2ccccc2[nH]1)NCCc1c[nH]c2cc(F)ccc12.I. The summed E-state index contributed by atoms with van der Waals surface area (Å²) < 4.78 is 13.3. The molecule has 152 valence electrons. The Kier molecular flexibility index (Phi) is 7.08. The number of hydrogen-bond acceptors (Lipinski definition) is 2. The first-order valence-corrected chi connectivity index (χ1v) is 9.36. The number of aromatic nitrogens is 3. The van der Waals surface area contributed by atoms with Gasteiger partial charge in [0.2, 0.25) is 0 Å². The highest BCUT2D eigenvalue weighted by Gasteiger charge is 2.06. The molecule has 0 aliphatic carbocycles. The van der Waals surface area contributed by atoms with Crippen molar-refractivity contribution in [1.29, 1.82) is 0 Å². The van der Waals surface area contributed by atoms with Gasteiger partial charge in [0, 0.05) is 43.7 Å². The van der Waals surface area contributed by atoms with Crippen molar-refractivity contribution in [3.8, 4) is 0 Å². The fraction of sp³-hybridized carbons (Fsp3) is 0.238. The molecule has 0 saturated carbocycles. The summed E-state index contributed by atoms with van der Waals surface area (Å²) in [5.41, 5.74) is 4.01. The average Bonchev–Trinajstić information content (AvgIpc) is 3.30. The number of nitrogens with zero attached hydrogens (tertiary/aromatic N) is 2. The van der Waals surface area contributed by atoms with Crippen LogP contribution in [0, 0.1) is 5.82 Å². The second-order valence-corrected chi connectivity index (χ2v) is 6.63. The second kappa shape index (κ2) is 9.73. The van der Waals surface area contributed by atoms with E-state index in [0.717, 1.165) is 65.2 Å². The third-order valence-electron chi connectivity index (χ3n) is 4.73. The van der Waals surface area contributed by atoms with Gasteiger partial charge in [-0.1, -0.05) is 12.1 Å². The Morgan fingerprint density at radius 3 is 2.66 bits per heavy atom. The lowest BCUT2D eigenvalue weighted by atomic mass is 10.1. The lowest BCUT2D eigenvalue weighted by molar-refractivity contribution is 0.629. The molecule has 6 nitrogen and oxygen atoms in total. The summed E-state index contributed by atoms with van der Waals surface area (Å²) in [6.45, 7) is 1.46. The van der Waals surface area contributed by atoms with Gasteiger partial charge in [0.1, 0.15) is 11.6 Å². The van der Waals surface area contributed by atoms with Gasteiger partial charge < -0.3 is 20.6 Å². The number of nitrogens with one attached hydrogen (secondary N) is 4. The van der Waals surface area contributed by atoms with Crippen LogP contribution >= 0.6 is 24.0 Å². The quantitative estimate of drug-likeness (QED) is 0.183. The fourth-order valence-electron chi connectivity index (χ4n) is 3.32. The Morgan fingerprint density at radius 2 is 1.86 bits per heavy atom. The van der Waals surface area contributed by atoms with E-state index in [0.29, 0.717) is 0 Å².